The molecule has 1 aliphatic heterocycles. The van der Waals surface area contributed by atoms with Gasteiger partial charge in [-0.15, -0.1) is 5.10 Å². The lowest BCUT2D eigenvalue weighted by Crippen LogP contribution is -2.43. The van der Waals surface area contributed by atoms with Crippen LogP contribution in [0.1, 0.15) is 45.1 Å². The van der Waals surface area contributed by atoms with Gasteiger partial charge in [-0.3, -0.25) is 0 Å². The SMILES string of the molecule is CCC1(CC)CC(Nc2nnccc2C#N)CCO1. The lowest BCUT2D eigenvalue weighted by atomic mass is 9.86. The molecule has 1 fully saturated rings. The van der Waals surface area contributed by atoms with Gasteiger partial charge < -0.3 is 10.1 Å². The molecule has 102 valence electrons. The number of nitrogens with zero attached hydrogens (tertiary/aromatic N) is 3. The van der Waals surface area contributed by atoms with Crippen LogP contribution in [0, 0.1) is 11.3 Å². The fraction of sp³-hybridized carbons (Fsp3) is 0.643. The molecular formula is C14H20N4O. The van der Waals surface area contributed by atoms with E-state index in [1.807, 2.05) is 0 Å². The minimum atomic E-state index is -0.0368. The van der Waals surface area contributed by atoms with E-state index in [1.54, 1.807) is 6.07 Å². The topological polar surface area (TPSA) is 70.8 Å². The Hall–Kier alpha value is -1.67. The molecule has 0 aliphatic carbocycles. The predicted octanol–water partition coefficient (Wildman–Crippen LogP) is 2.50. The summed E-state index contributed by atoms with van der Waals surface area (Å²) in [5, 5.41) is 20.3. The van der Waals surface area contributed by atoms with Crippen LogP contribution in [-0.2, 0) is 4.74 Å². The van der Waals surface area contributed by atoms with Gasteiger partial charge >= 0.3 is 0 Å². The van der Waals surface area contributed by atoms with E-state index in [4.69, 9.17) is 10.00 Å². The van der Waals surface area contributed by atoms with E-state index in [1.165, 1.54) is 6.20 Å². The molecule has 1 aromatic rings. The molecule has 0 spiro atoms. The van der Waals surface area contributed by atoms with Crippen molar-refractivity contribution in [3.05, 3.63) is 17.8 Å². The molecule has 19 heavy (non-hydrogen) atoms. The van der Waals surface area contributed by atoms with E-state index in [-0.39, 0.29) is 11.6 Å². The summed E-state index contributed by atoms with van der Waals surface area (Å²) in [6, 6.07) is 4.11. The van der Waals surface area contributed by atoms with Crippen molar-refractivity contribution >= 4 is 5.82 Å². The van der Waals surface area contributed by atoms with E-state index in [9.17, 15) is 0 Å². The molecule has 1 aliphatic rings. The normalized spacial score (nSPS) is 21.6. The van der Waals surface area contributed by atoms with Crippen LogP contribution in [0.5, 0.6) is 0 Å². The van der Waals surface area contributed by atoms with E-state index >= 15 is 0 Å². The van der Waals surface area contributed by atoms with Crippen molar-refractivity contribution in [2.24, 2.45) is 0 Å². The Morgan fingerprint density at radius 1 is 1.53 bits per heavy atom. The Kier molecular flexibility index (Phi) is 4.33. The average Bonchev–Trinajstić information content (AvgIpc) is 2.48. The number of nitriles is 1. The Labute approximate surface area is 114 Å². The van der Waals surface area contributed by atoms with Gasteiger partial charge in [0.2, 0.25) is 0 Å². The zero-order chi connectivity index (χ0) is 13.7. The van der Waals surface area contributed by atoms with Gasteiger partial charge in [0.15, 0.2) is 5.82 Å². The van der Waals surface area contributed by atoms with E-state index < -0.39 is 0 Å². The van der Waals surface area contributed by atoms with Crippen molar-refractivity contribution in [1.29, 1.82) is 5.26 Å². The summed E-state index contributed by atoms with van der Waals surface area (Å²) in [4.78, 5) is 0. The monoisotopic (exact) mass is 260 g/mol. The van der Waals surface area contributed by atoms with Crippen molar-refractivity contribution in [2.45, 2.75) is 51.2 Å². The molecule has 1 aromatic heterocycles. The summed E-state index contributed by atoms with van der Waals surface area (Å²) in [6.07, 6.45) is 5.43. The molecule has 0 radical (unpaired) electrons. The van der Waals surface area contributed by atoms with Gasteiger partial charge in [0.1, 0.15) is 6.07 Å². The Morgan fingerprint density at radius 3 is 3.00 bits per heavy atom. The maximum absolute atomic E-state index is 9.06. The minimum Gasteiger partial charge on any atom is -0.375 e. The number of hydrogen-bond acceptors (Lipinski definition) is 5. The van der Waals surface area contributed by atoms with Crippen molar-refractivity contribution in [3.8, 4) is 6.07 Å². The molecule has 1 saturated heterocycles. The maximum atomic E-state index is 9.06. The number of anilines is 1. The van der Waals surface area contributed by atoms with Crippen molar-refractivity contribution < 1.29 is 4.74 Å². The molecule has 1 unspecified atom stereocenters. The van der Waals surface area contributed by atoms with Gasteiger partial charge in [-0.2, -0.15) is 10.4 Å². The molecule has 5 heteroatoms. The molecule has 0 amide bonds. The molecular weight excluding hydrogens is 240 g/mol. The molecule has 0 saturated carbocycles. The van der Waals surface area contributed by atoms with Gasteiger partial charge in [0.25, 0.3) is 0 Å². The van der Waals surface area contributed by atoms with Crippen LogP contribution in [-0.4, -0.2) is 28.4 Å². The Balaban J connectivity index is 2.09. The van der Waals surface area contributed by atoms with Gasteiger partial charge in [-0.25, -0.2) is 0 Å². The van der Waals surface area contributed by atoms with E-state index in [0.29, 0.717) is 11.4 Å². The predicted molar refractivity (Wildman–Crippen MR) is 72.7 cm³/mol. The highest BCUT2D eigenvalue weighted by molar-refractivity contribution is 5.50. The summed E-state index contributed by atoms with van der Waals surface area (Å²) >= 11 is 0. The highest BCUT2D eigenvalue weighted by Crippen LogP contribution is 2.32. The van der Waals surface area contributed by atoms with Crippen molar-refractivity contribution in [1.82, 2.24) is 10.2 Å². The third-order valence-electron chi connectivity index (χ3n) is 3.96. The average molecular weight is 260 g/mol. The van der Waals surface area contributed by atoms with Crippen LogP contribution in [0.25, 0.3) is 0 Å². The summed E-state index contributed by atoms with van der Waals surface area (Å²) in [5.41, 5.74) is 0.505. The number of rotatable bonds is 4. The summed E-state index contributed by atoms with van der Waals surface area (Å²) < 4.78 is 5.95. The number of hydrogen-bond donors (Lipinski definition) is 1. The highest BCUT2D eigenvalue weighted by atomic mass is 16.5. The second-order valence-electron chi connectivity index (χ2n) is 4.98. The molecule has 0 bridgehead atoms. The number of aromatic nitrogens is 2. The quantitative estimate of drug-likeness (QED) is 0.900. The van der Waals surface area contributed by atoms with Crippen LogP contribution in [0.3, 0.4) is 0 Å². The number of ether oxygens (including phenoxy) is 1. The molecule has 1 atom stereocenters. The second-order valence-corrected chi connectivity index (χ2v) is 4.98. The Bertz CT molecular complexity index is 465. The molecule has 5 nitrogen and oxygen atoms in total. The van der Waals surface area contributed by atoms with E-state index in [2.05, 4.69) is 35.4 Å². The molecule has 2 rings (SSSR count). The van der Waals surface area contributed by atoms with Crippen LogP contribution >= 0.6 is 0 Å². The standard InChI is InChI=1S/C14H20N4O/c1-3-14(4-2)9-12(6-8-19-14)17-13-11(10-15)5-7-16-18-13/h5,7,12H,3-4,6,8-9H2,1-2H3,(H,17,18). The third kappa shape index (κ3) is 3.02. The minimum absolute atomic E-state index is 0.0368. The van der Waals surface area contributed by atoms with Gasteiger partial charge in [0.05, 0.1) is 17.4 Å². The van der Waals surface area contributed by atoms with Gasteiger partial charge in [-0.05, 0) is 31.7 Å². The smallest absolute Gasteiger partial charge is 0.166 e. The fourth-order valence-electron chi connectivity index (χ4n) is 2.62. The van der Waals surface area contributed by atoms with Crippen LogP contribution in [0.2, 0.25) is 0 Å². The first-order valence-corrected chi connectivity index (χ1v) is 6.85. The summed E-state index contributed by atoms with van der Waals surface area (Å²) in [7, 11) is 0. The fourth-order valence-corrected chi connectivity index (χ4v) is 2.62. The first kappa shape index (κ1) is 13.8. The lowest BCUT2D eigenvalue weighted by Gasteiger charge is -2.40. The largest absolute Gasteiger partial charge is 0.375 e. The highest BCUT2D eigenvalue weighted by Gasteiger charge is 2.34. The van der Waals surface area contributed by atoms with Gasteiger partial charge in [0, 0.05) is 12.6 Å². The van der Waals surface area contributed by atoms with Crippen LogP contribution in [0.4, 0.5) is 5.82 Å². The maximum Gasteiger partial charge on any atom is 0.166 e. The summed E-state index contributed by atoms with van der Waals surface area (Å²) in [5.74, 6) is 0.581. The third-order valence-corrected chi connectivity index (χ3v) is 3.96. The van der Waals surface area contributed by atoms with Crippen molar-refractivity contribution in [3.63, 3.8) is 0 Å². The lowest BCUT2D eigenvalue weighted by molar-refractivity contribution is -0.0864. The zero-order valence-electron chi connectivity index (χ0n) is 11.5. The first-order valence-electron chi connectivity index (χ1n) is 6.85. The molecule has 1 N–H and O–H groups in total. The molecule has 0 aromatic carbocycles. The van der Waals surface area contributed by atoms with E-state index in [0.717, 1.165) is 32.3 Å². The molecule has 2 heterocycles. The zero-order valence-corrected chi connectivity index (χ0v) is 11.5. The first-order chi connectivity index (χ1) is 9.23. The van der Waals surface area contributed by atoms with Crippen LogP contribution < -0.4 is 5.32 Å². The van der Waals surface area contributed by atoms with Crippen molar-refractivity contribution in [2.75, 3.05) is 11.9 Å². The number of nitrogens with one attached hydrogen (secondary N) is 1. The second kappa shape index (κ2) is 5.98. The summed E-state index contributed by atoms with van der Waals surface area (Å²) in [6.45, 7) is 5.07. The Morgan fingerprint density at radius 2 is 2.32 bits per heavy atom. The van der Waals surface area contributed by atoms with Gasteiger partial charge in [-0.1, -0.05) is 13.8 Å². The van der Waals surface area contributed by atoms with Crippen LogP contribution in [0.15, 0.2) is 12.3 Å².